The maximum Gasteiger partial charge on any atom is 0.225 e. The third-order valence-corrected chi connectivity index (χ3v) is 6.19. The van der Waals surface area contributed by atoms with E-state index in [1.807, 2.05) is 25.1 Å². The lowest BCUT2D eigenvalue weighted by Crippen LogP contribution is -2.32. The van der Waals surface area contributed by atoms with E-state index in [1.54, 1.807) is 12.1 Å². The zero-order chi connectivity index (χ0) is 25.5. The number of primary amides is 1. The van der Waals surface area contributed by atoms with Gasteiger partial charge in [0.05, 0.1) is 18.2 Å². The van der Waals surface area contributed by atoms with Gasteiger partial charge in [0.15, 0.2) is 0 Å². The summed E-state index contributed by atoms with van der Waals surface area (Å²) in [4.78, 5) is 16.3. The molecule has 0 saturated carbocycles. The van der Waals surface area contributed by atoms with E-state index < -0.39 is 30.4 Å². The molecule has 0 fully saturated rings. The minimum atomic E-state index is -0.931. The molecule has 35 heavy (non-hydrogen) atoms. The molecule has 2 unspecified atom stereocenters. The molecule has 3 rings (SSSR count). The number of hydrogen-bond acceptors (Lipinski definition) is 6. The number of hydrogen-bond donors (Lipinski definition) is 5. The second kappa shape index (κ2) is 12.1. The van der Waals surface area contributed by atoms with E-state index in [2.05, 4.69) is 10.3 Å². The summed E-state index contributed by atoms with van der Waals surface area (Å²) < 4.78 is 14.3. The molecule has 7 nitrogen and oxygen atoms in total. The van der Waals surface area contributed by atoms with Crippen molar-refractivity contribution in [3.8, 4) is 5.75 Å². The summed E-state index contributed by atoms with van der Waals surface area (Å²) in [7, 11) is 0. The van der Waals surface area contributed by atoms with Gasteiger partial charge in [-0.05, 0) is 55.2 Å². The molecule has 0 bridgehead atoms. The molecule has 3 aromatic rings. The van der Waals surface area contributed by atoms with Crippen molar-refractivity contribution in [3.63, 3.8) is 0 Å². The second-order valence-corrected chi connectivity index (χ2v) is 8.90. The van der Waals surface area contributed by atoms with E-state index in [-0.39, 0.29) is 41.0 Å². The first-order chi connectivity index (χ1) is 16.7. The van der Waals surface area contributed by atoms with Gasteiger partial charge in [0.25, 0.3) is 0 Å². The van der Waals surface area contributed by atoms with Crippen LogP contribution in [0.5, 0.6) is 5.75 Å². The largest absolute Gasteiger partial charge is 0.506 e. The Labute approximate surface area is 208 Å². The van der Waals surface area contributed by atoms with Crippen LogP contribution in [0.1, 0.15) is 47.0 Å². The second-order valence-electron chi connectivity index (χ2n) is 8.49. The van der Waals surface area contributed by atoms with Crippen LogP contribution < -0.4 is 11.1 Å². The van der Waals surface area contributed by atoms with Crippen molar-refractivity contribution in [1.29, 1.82) is 0 Å². The normalized spacial score (nSPS) is 13.9. The van der Waals surface area contributed by atoms with Gasteiger partial charge in [-0.3, -0.25) is 4.79 Å². The molecule has 0 aliphatic carbocycles. The van der Waals surface area contributed by atoms with Gasteiger partial charge in [-0.25, -0.2) is 9.37 Å². The lowest BCUT2D eigenvalue weighted by molar-refractivity contribution is -0.119. The van der Waals surface area contributed by atoms with Crippen molar-refractivity contribution in [2.24, 2.45) is 5.73 Å². The Hall–Kier alpha value is -3.04. The van der Waals surface area contributed by atoms with Gasteiger partial charge in [0.1, 0.15) is 23.4 Å². The fraction of sp³-hybridized carbons (Fsp3) is 0.308. The minimum Gasteiger partial charge on any atom is -0.506 e. The Morgan fingerprint density at radius 3 is 2.60 bits per heavy atom. The van der Waals surface area contributed by atoms with Gasteiger partial charge >= 0.3 is 0 Å². The van der Waals surface area contributed by atoms with Gasteiger partial charge in [-0.2, -0.15) is 0 Å². The SMILES string of the molecule is C[C@H](Cc1cccc(C(Cc2c(F)cccc2Cl)C(N)=O)c1)NCC(O)c1ccc(O)c(CO)n1. The number of nitrogens with two attached hydrogens (primary N) is 1. The van der Waals surface area contributed by atoms with Crippen molar-refractivity contribution in [2.75, 3.05) is 6.54 Å². The summed E-state index contributed by atoms with van der Waals surface area (Å²) in [5.41, 5.74) is 7.95. The third-order valence-electron chi connectivity index (χ3n) is 5.83. The lowest BCUT2D eigenvalue weighted by atomic mass is 9.89. The van der Waals surface area contributed by atoms with Crippen LogP contribution in [0.4, 0.5) is 4.39 Å². The molecule has 0 radical (unpaired) electrons. The number of carbonyl (C=O) groups excluding carboxylic acids is 1. The molecule has 9 heteroatoms. The predicted octanol–water partition coefficient (Wildman–Crippen LogP) is 3.14. The van der Waals surface area contributed by atoms with Gasteiger partial charge in [-0.15, -0.1) is 0 Å². The van der Waals surface area contributed by atoms with Crippen molar-refractivity contribution in [3.05, 3.63) is 93.5 Å². The number of pyridine rings is 1. The first kappa shape index (κ1) is 26.6. The zero-order valence-corrected chi connectivity index (χ0v) is 20.0. The quantitative estimate of drug-likeness (QED) is 0.274. The first-order valence-electron chi connectivity index (χ1n) is 11.2. The third kappa shape index (κ3) is 6.99. The van der Waals surface area contributed by atoms with Gasteiger partial charge in [0.2, 0.25) is 5.91 Å². The van der Waals surface area contributed by atoms with E-state index in [1.165, 1.54) is 24.3 Å². The van der Waals surface area contributed by atoms with Crippen LogP contribution in [0.25, 0.3) is 0 Å². The van der Waals surface area contributed by atoms with Crippen molar-refractivity contribution < 1.29 is 24.5 Å². The molecule has 0 aliphatic heterocycles. The maximum absolute atomic E-state index is 14.3. The summed E-state index contributed by atoms with van der Waals surface area (Å²) in [5, 5.41) is 32.8. The standard InChI is InChI=1S/C26H29ClFN3O4/c1-15(30-13-25(34)22-8-9-24(33)23(14-32)31-22)10-16-4-2-5-17(11-16)18(26(29)35)12-19-20(27)6-3-7-21(19)28/h2-9,11,15,18,25,30,32-34H,10,12-14H2,1H3,(H2,29,35)/t15-,18?,25?/m1/s1. The molecule has 1 aromatic heterocycles. The molecule has 0 aliphatic rings. The molecule has 0 spiro atoms. The molecule has 6 N–H and O–H groups in total. The molecule has 3 atom stereocenters. The number of rotatable bonds is 11. The Balaban J connectivity index is 1.66. The molecule has 0 saturated heterocycles. The number of aliphatic hydroxyl groups is 2. The number of aliphatic hydroxyl groups excluding tert-OH is 2. The number of nitrogens with one attached hydrogen (secondary N) is 1. The van der Waals surface area contributed by atoms with E-state index in [0.717, 1.165) is 5.56 Å². The minimum absolute atomic E-state index is 0.0395. The number of carbonyl (C=O) groups is 1. The number of aromatic hydroxyl groups is 1. The van der Waals surface area contributed by atoms with Crippen LogP contribution in [-0.2, 0) is 24.2 Å². The summed E-state index contributed by atoms with van der Waals surface area (Å²) in [5.74, 6) is -1.92. The van der Waals surface area contributed by atoms with E-state index in [0.29, 0.717) is 17.7 Å². The number of benzene rings is 2. The highest BCUT2D eigenvalue weighted by molar-refractivity contribution is 6.31. The number of nitrogens with zero attached hydrogens (tertiary/aromatic N) is 1. The predicted molar refractivity (Wildman–Crippen MR) is 131 cm³/mol. The van der Waals surface area contributed by atoms with Crippen LogP contribution >= 0.6 is 11.6 Å². The Morgan fingerprint density at radius 1 is 1.17 bits per heavy atom. The molecule has 186 valence electrons. The van der Waals surface area contributed by atoms with Crippen LogP contribution in [0.15, 0.2) is 54.6 Å². The highest BCUT2D eigenvalue weighted by atomic mass is 35.5. The highest BCUT2D eigenvalue weighted by Gasteiger charge is 2.22. The average Bonchev–Trinajstić information content (AvgIpc) is 2.82. The van der Waals surface area contributed by atoms with Crippen LogP contribution in [-0.4, -0.2) is 38.8 Å². The van der Waals surface area contributed by atoms with Crippen molar-refractivity contribution in [2.45, 2.75) is 44.4 Å². The van der Waals surface area contributed by atoms with Gasteiger partial charge < -0.3 is 26.4 Å². The number of amides is 1. The molecule has 1 heterocycles. The maximum atomic E-state index is 14.3. The highest BCUT2D eigenvalue weighted by Crippen LogP contribution is 2.28. The van der Waals surface area contributed by atoms with Crippen LogP contribution in [0.3, 0.4) is 0 Å². The van der Waals surface area contributed by atoms with Crippen molar-refractivity contribution in [1.82, 2.24) is 10.3 Å². The van der Waals surface area contributed by atoms with Crippen molar-refractivity contribution >= 4 is 17.5 Å². The molecule has 1 amide bonds. The fourth-order valence-corrected chi connectivity index (χ4v) is 4.15. The zero-order valence-electron chi connectivity index (χ0n) is 19.3. The average molecular weight is 502 g/mol. The summed E-state index contributed by atoms with van der Waals surface area (Å²) in [6.45, 7) is 1.73. The summed E-state index contributed by atoms with van der Waals surface area (Å²) in [6.07, 6.45) is -0.281. The fourth-order valence-electron chi connectivity index (χ4n) is 3.91. The molecular weight excluding hydrogens is 473 g/mol. The van der Waals surface area contributed by atoms with E-state index in [9.17, 15) is 24.5 Å². The van der Waals surface area contributed by atoms with E-state index in [4.69, 9.17) is 17.3 Å². The number of halogens is 2. The van der Waals surface area contributed by atoms with Crippen LogP contribution in [0, 0.1) is 5.82 Å². The molecular formula is C26H29ClFN3O4. The first-order valence-corrected chi connectivity index (χ1v) is 11.6. The Morgan fingerprint density at radius 2 is 1.91 bits per heavy atom. The van der Waals surface area contributed by atoms with Crippen LogP contribution in [0.2, 0.25) is 5.02 Å². The van der Waals surface area contributed by atoms with Gasteiger partial charge in [-0.1, -0.05) is 41.9 Å². The smallest absolute Gasteiger partial charge is 0.225 e. The number of aromatic nitrogens is 1. The molecule has 2 aromatic carbocycles. The topological polar surface area (TPSA) is 129 Å². The van der Waals surface area contributed by atoms with E-state index >= 15 is 0 Å². The summed E-state index contributed by atoms with van der Waals surface area (Å²) >= 11 is 6.14. The lowest BCUT2D eigenvalue weighted by Gasteiger charge is -2.19. The van der Waals surface area contributed by atoms with Gasteiger partial charge in [0, 0.05) is 23.2 Å². The Kier molecular flexibility index (Phi) is 9.17. The summed E-state index contributed by atoms with van der Waals surface area (Å²) in [6, 6.07) is 14.6. The monoisotopic (exact) mass is 501 g/mol. The Bertz CT molecular complexity index is 1160.